The van der Waals surface area contributed by atoms with E-state index >= 15 is 0 Å². The van der Waals surface area contributed by atoms with E-state index in [1.807, 2.05) is 0 Å². The summed E-state index contributed by atoms with van der Waals surface area (Å²) < 4.78 is 9.43. The lowest BCUT2D eigenvalue weighted by atomic mass is 10.2. The lowest BCUT2D eigenvalue weighted by Crippen LogP contribution is -2.26. The van der Waals surface area contributed by atoms with Crippen LogP contribution in [0.2, 0.25) is 0 Å². The Morgan fingerprint density at radius 1 is 0.938 bits per heavy atom. The predicted molar refractivity (Wildman–Crippen MR) is 54.4 cm³/mol. The van der Waals surface area contributed by atoms with Crippen molar-refractivity contribution in [3.05, 3.63) is 0 Å². The molecule has 0 aromatic heterocycles. The van der Waals surface area contributed by atoms with Crippen molar-refractivity contribution in [1.29, 1.82) is 0 Å². The molecule has 2 unspecified atom stereocenters. The molecular formula is C10H18O6. The van der Waals surface area contributed by atoms with Gasteiger partial charge in [0.2, 0.25) is 0 Å². The fourth-order valence-corrected chi connectivity index (χ4v) is 0.738. The first-order valence-electron chi connectivity index (χ1n) is 5.04. The number of hydrogen-bond donors (Lipinski definition) is 2. The Bertz CT molecular complexity index is 211. The predicted octanol–water partition coefficient (Wildman–Crippen LogP) is -0.530. The normalized spacial score (nSPS) is 16.1. The van der Waals surface area contributed by atoms with Gasteiger partial charge in [-0.05, 0) is 13.8 Å². The van der Waals surface area contributed by atoms with Crippen molar-refractivity contribution < 1.29 is 29.3 Å². The molecule has 0 aromatic rings. The van der Waals surface area contributed by atoms with Gasteiger partial charge in [-0.1, -0.05) is 6.92 Å². The average molecular weight is 234 g/mol. The first kappa shape index (κ1) is 14.9. The Balaban J connectivity index is 3.71. The average Bonchev–Trinajstić information content (AvgIpc) is 2.21. The molecule has 0 fully saturated rings. The summed E-state index contributed by atoms with van der Waals surface area (Å²) in [5.41, 5.74) is 0. The third-order valence-electron chi connectivity index (χ3n) is 1.70. The standard InChI is InChI=1S/C10H18O6/c1-6(4-15-9(13)7(2)11)5-16-10(14)8(3)12/h6-8,11-12H,4-5H2,1-3H3. The lowest BCUT2D eigenvalue weighted by molar-refractivity contribution is -0.157. The Morgan fingerprint density at radius 2 is 1.25 bits per heavy atom. The SMILES string of the molecule is CC(COC(=O)C(C)O)COC(=O)C(C)O. The second-order valence-corrected chi connectivity index (χ2v) is 3.72. The maximum atomic E-state index is 10.9. The topological polar surface area (TPSA) is 93.1 Å². The number of aliphatic hydroxyl groups excluding tert-OH is 2. The van der Waals surface area contributed by atoms with Crippen molar-refractivity contribution in [3.8, 4) is 0 Å². The Morgan fingerprint density at radius 3 is 1.50 bits per heavy atom. The Kier molecular flexibility index (Phi) is 6.67. The van der Waals surface area contributed by atoms with Gasteiger partial charge < -0.3 is 19.7 Å². The first-order chi connectivity index (χ1) is 7.34. The van der Waals surface area contributed by atoms with Crippen molar-refractivity contribution in [2.45, 2.75) is 33.0 Å². The van der Waals surface area contributed by atoms with Gasteiger partial charge >= 0.3 is 11.9 Å². The van der Waals surface area contributed by atoms with Crippen LogP contribution < -0.4 is 0 Å². The highest BCUT2D eigenvalue weighted by atomic mass is 16.6. The third-order valence-corrected chi connectivity index (χ3v) is 1.70. The third kappa shape index (κ3) is 6.36. The fourth-order valence-electron chi connectivity index (χ4n) is 0.738. The molecule has 0 rings (SSSR count). The van der Waals surface area contributed by atoms with Gasteiger partial charge in [-0.2, -0.15) is 0 Å². The van der Waals surface area contributed by atoms with E-state index in [1.54, 1.807) is 6.92 Å². The van der Waals surface area contributed by atoms with Gasteiger partial charge in [-0.25, -0.2) is 9.59 Å². The maximum Gasteiger partial charge on any atom is 0.334 e. The monoisotopic (exact) mass is 234 g/mol. The second-order valence-electron chi connectivity index (χ2n) is 3.72. The largest absolute Gasteiger partial charge is 0.463 e. The van der Waals surface area contributed by atoms with E-state index < -0.39 is 24.1 Å². The highest BCUT2D eigenvalue weighted by Crippen LogP contribution is 2.00. The van der Waals surface area contributed by atoms with E-state index in [9.17, 15) is 9.59 Å². The summed E-state index contributed by atoms with van der Waals surface area (Å²) in [4.78, 5) is 21.7. The van der Waals surface area contributed by atoms with E-state index in [2.05, 4.69) is 0 Å². The zero-order chi connectivity index (χ0) is 12.7. The molecule has 0 aliphatic carbocycles. The Hall–Kier alpha value is -1.14. The molecule has 16 heavy (non-hydrogen) atoms. The van der Waals surface area contributed by atoms with Gasteiger partial charge in [0.05, 0.1) is 13.2 Å². The molecule has 0 spiro atoms. The molecule has 0 aromatic carbocycles. The second kappa shape index (κ2) is 7.19. The molecule has 0 saturated heterocycles. The smallest absolute Gasteiger partial charge is 0.334 e. The summed E-state index contributed by atoms with van der Waals surface area (Å²) in [5.74, 6) is -1.62. The van der Waals surface area contributed by atoms with Gasteiger partial charge in [-0.3, -0.25) is 0 Å². The molecule has 2 atom stereocenters. The summed E-state index contributed by atoms with van der Waals surface area (Å²) in [6, 6.07) is 0. The van der Waals surface area contributed by atoms with Crippen molar-refractivity contribution in [2.24, 2.45) is 5.92 Å². The minimum Gasteiger partial charge on any atom is -0.463 e. The van der Waals surface area contributed by atoms with E-state index in [-0.39, 0.29) is 19.1 Å². The van der Waals surface area contributed by atoms with Crippen LogP contribution in [0, 0.1) is 5.92 Å². The van der Waals surface area contributed by atoms with Gasteiger partial charge in [0.15, 0.2) is 0 Å². The van der Waals surface area contributed by atoms with Gasteiger partial charge in [0.25, 0.3) is 0 Å². The van der Waals surface area contributed by atoms with E-state index in [0.29, 0.717) is 0 Å². The van der Waals surface area contributed by atoms with Crippen LogP contribution in [-0.2, 0) is 19.1 Å². The number of aliphatic hydroxyl groups is 2. The summed E-state index contributed by atoms with van der Waals surface area (Å²) in [7, 11) is 0. The number of ether oxygens (including phenoxy) is 2. The zero-order valence-corrected chi connectivity index (χ0v) is 9.67. The molecule has 0 bridgehead atoms. The van der Waals surface area contributed by atoms with Crippen molar-refractivity contribution >= 4 is 11.9 Å². The zero-order valence-electron chi connectivity index (χ0n) is 9.67. The van der Waals surface area contributed by atoms with Crippen LogP contribution in [0.5, 0.6) is 0 Å². The molecule has 0 radical (unpaired) electrons. The minimum absolute atomic E-state index is 0.0524. The number of rotatable bonds is 6. The van der Waals surface area contributed by atoms with Crippen LogP contribution in [0.4, 0.5) is 0 Å². The van der Waals surface area contributed by atoms with Crippen molar-refractivity contribution in [2.75, 3.05) is 13.2 Å². The van der Waals surface area contributed by atoms with E-state index in [0.717, 1.165) is 0 Å². The quantitative estimate of drug-likeness (QED) is 0.600. The van der Waals surface area contributed by atoms with Crippen molar-refractivity contribution in [3.63, 3.8) is 0 Å². The highest BCUT2D eigenvalue weighted by molar-refractivity contribution is 5.74. The number of esters is 2. The molecule has 0 saturated carbocycles. The molecule has 6 nitrogen and oxygen atoms in total. The van der Waals surface area contributed by atoms with Crippen LogP contribution in [0.25, 0.3) is 0 Å². The lowest BCUT2D eigenvalue weighted by Gasteiger charge is -2.14. The van der Waals surface area contributed by atoms with E-state index in [4.69, 9.17) is 19.7 Å². The van der Waals surface area contributed by atoms with Crippen molar-refractivity contribution in [1.82, 2.24) is 0 Å². The molecule has 0 heterocycles. The van der Waals surface area contributed by atoms with Gasteiger partial charge in [0.1, 0.15) is 12.2 Å². The summed E-state index contributed by atoms with van der Waals surface area (Å²) in [5, 5.41) is 17.7. The molecule has 6 heteroatoms. The van der Waals surface area contributed by atoms with Crippen LogP contribution in [0.15, 0.2) is 0 Å². The summed E-state index contributed by atoms with van der Waals surface area (Å²) in [6.45, 7) is 4.43. The molecule has 0 aliphatic heterocycles. The van der Waals surface area contributed by atoms with Crippen LogP contribution in [0.1, 0.15) is 20.8 Å². The Labute approximate surface area is 94.2 Å². The van der Waals surface area contributed by atoms with Gasteiger partial charge in [0, 0.05) is 5.92 Å². The van der Waals surface area contributed by atoms with Crippen LogP contribution in [0.3, 0.4) is 0 Å². The number of carbonyl (C=O) groups is 2. The molecule has 0 aliphatic rings. The molecule has 0 amide bonds. The minimum atomic E-state index is -1.16. The maximum absolute atomic E-state index is 10.9. The number of hydrogen-bond acceptors (Lipinski definition) is 6. The van der Waals surface area contributed by atoms with E-state index in [1.165, 1.54) is 13.8 Å². The summed E-state index contributed by atoms with van der Waals surface area (Å²) in [6.07, 6.45) is -2.32. The molecule has 94 valence electrons. The molecule has 2 N–H and O–H groups in total. The first-order valence-corrected chi connectivity index (χ1v) is 5.04. The van der Waals surface area contributed by atoms with Gasteiger partial charge in [-0.15, -0.1) is 0 Å². The van der Waals surface area contributed by atoms with Crippen LogP contribution in [-0.4, -0.2) is 47.6 Å². The molecular weight excluding hydrogens is 216 g/mol. The fraction of sp³-hybridized carbons (Fsp3) is 0.800. The van der Waals surface area contributed by atoms with Crippen LogP contribution >= 0.6 is 0 Å². The highest BCUT2D eigenvalue weighted by Gasteiger charge is 2.15. The number of carbonyl (C=O) groups excluding carboxylic acids is 2. The summed E-state index contributed by atoms with van der Waals surface area (Å²) >= 11 is 0.